The molecule has 0 fully saturated rings. The van der Waals surface area contributed by atoms with Gasteiger partial charge >= 0.3 is 0 Å². The summed E-state index contributed by atoms with van der Waals surface area (Å²) in [6.07, 6.45) is 0. The standard InChI is InChI=1S/C25H20ClFN2O2/c1-15-3-4-16(2)21(13-15)28-23-22(18-7-9-19(26)10-8-18)24(30)29(25(23)31)14-17-5-11-20(27)12-6-17/h3-13,28H,14H2,1-2H3. The summed E-state index contributed by atoms with van der Waals surface area (Å²) in [5.74, 6) is -1.22. The number of rotatable bonds is 5. The van der Waals surface area contributed by atoms with Gasteiger partial charge in [-0.2, -0.15) is 0 Å². The molecule has 31 heavy (non-hydrogen) atoms. The van der Waals surface area contributed by atoms with Crippen LogP contribution >= 0.6 is 11.6 Å². The lowest BCUT2D eigenvalue weighted by molar-refractivity contribution is -0.137. The smallest absolute Gasteiger partial charge is 0.278 e. The predicted molar refractivity (Wildman–Crippen MR) is 120 cm³/mol. The van der Waals surface area contributed by atoms with Crippen LogP contribution in [0.4, 0.5) is 10.1 Å². The van der Waals surface area contributed by atoms with E-state index in [9.17, 15) is 14.0 Å². The topological polar surface area (TPSA) is 49.4 Å². The average molecular weight is 435 g/mol. The van der Waals surface area contributed by atoms with Gasteiger partial charge < -0.3 is 5.32 Å². The highest BCUT2D eigenvalue weighted by Gasteiger charge is 2.39. The van der Waals surface area contributed by atoms with Gasteiger partial charge in [-0.1, -0.05) is 48.0 Å². The van der Waals surface area contributed by atoms with Crippen LogP contribution < -0.4 is 5.32 Å². The van der Waals surface area contributed by atoms with Crippen LogP contribution in [-0.4, -0.2) is 16.7 Å². The van der Waals surface area contributed by atoms with E-state index in [2.05, 4.69) is 5.32 Å². The summed E-state index contributed by atoms with van der Waals surface area (Å²) in [4.78, 5) is 27.8. The molecule has 0 saturated heterocycles. The van der Waals surface area contributed by atoms with Crippen LogP contribution in [0.3, 0.4) is 0 Å². The number of nitrogens with zero attached hydrogens (tertiary/aromatic N) is 1. The van der Waals surface area contributed by atoms with Gasteiger partial charge in [-0.3, -0.25) is 14.5 Å². The van der Waals surface area contributed by atoms with Crippen molar-refractivity contribution in [3.63, 3.8) is 0 Å². The molecule has 6 heteroatoms. The highest BCUT2D eigenvalue weighted by atomic mass is 35.5. The van der Waals surface area contributed by atoms with Gasteiger partial charge in [0.1, 0.15) is 11.5 Å². The van der Waals surface area contributed by atoms with Gasteiger partial charge in [0.25, 0.3) is 11.8 Å². The van der Waals surface area contributed by atoms with Gasteiger partial charge in [-0.05, 0) is 66.4 Å². The molecule has 1 heterocycles. The van der Waals surface area contributed by atoms with E-state index in [1.165, 1.54) is 17.0 Å². The van der Waals surface area contributed by atoms with Gasteiger partial charge in [0.05, 0.1) is 12.1 Å². The van der Waals surface area contributed by atoms with Crippen molar-refractivity contribution in [2.45, 2.75) is 20.4 Å². The van der Waals surface area contributed by atoms with E-state index in [1.54, 1.807) is 36.4 Å². The summed E-state index contributed by atoms with van der Waals surface area (Å²) in [6.45, 7) is 3.94. The lowest BCUT2D eigenvalue weighted by Gasteiger charge is -2.16. The van der Waals surface area contributed by atoms with Crippen LogP contribution in [0.25, 0.3) is 5.57 Å². The first-order chi connectivity index (χ1) is 14.8. The number of imide groups is 1. The van der Waals surface area contributed by atoms with Gasteiger partial charge in [-0.25, -0.2) is 4.39 Å². The number of carbonyl (C=O) groups excluding carboxylic acids is 2. The lowest BCUT2D eigenvalue weighted by Crippen LogP contribution is -2.32. The number of anilines is 1. The molecular formula is C25H20ClFN2O2. The maximum absolute atomic E-state index is 13.3. The maximum Gasteiger partial charge on any atom is 0.278 e. The Morgan fingerprint density at radius 3 is 2.26 bits per heavy atom. The molecule has 0 atom stereocenters. The van der Waals surface area contributed by atoms with Crippen LogP contribution in [0.15, 0.2) is 72.4 Å². The van der Waals surface area contributed by atoms with E-state index in [0.29, 0.717) is 16.1 Å². The van der Waals surface area contributed by atoms with Crippen LogP contribution in [0, 0.1) is 19.7 Å². The molecule has 0 bridgehead atoms. The zero-order chi connectivity index (χ0) is 22.1. The third-order valence-corrected chi connectivity index (χ3v) is 5.46. The minimum atomic E-state index is -0.430. The van der Waals surface area contributed by atoms with Crippen molar-refractivity contribution < 1.29 is 14.0 Å². The fourth-order valence-corrected chi connectivity index (χ4v) is 3.62. The summed E-state index contributed by atoms with van der Waals surface area (Å²) in [5, 5.41) is 3.73. The van der Waals surface area contributed by atoms with E-state index in [4.69, 9.17) is 11.6 Å². The summed E-state index contributed by atoms with van der Waals surface area (Å²) in [7, 11) is 0. The molecule has 0 radical (unpaired) electrons. The molecule has 0 saturated carbocycles. The first kappa shape index (κ1) is 20.8. The largest absolute Gasteiger partial charge is 0.350 e. The quantitative estimate of drug-likeness (QED) is 0.540. The highest BCUT2D eigenvalue weighted by Crippen LogP contribution is 2.33. The molecule has 0 unspecified atom stereocenters. The van der Waals surface area contributed by atoms with Crippen LogP contribution in [0.1, 0.15) is 22.3 Å². The normalized spacial score (nSPS) is 13.9. The first-order valence-corrected chi connectivity index (χ1v) is 10.2. The predicted octanol–water partition coefficient (Wildman–Crippen LogP) is 5.49. The van der Waals surface area contributed by atoms with E-state index in [0.717, 1.165) is 16.8 Å². The second kappa shape index (κ2) is 8.36. The van der Waals surface area contributed by atoms with Crippen molar-refractivity contribution in [1.29, 1.82) is 0 Å². The van der Waals surface area contributed by atoms with Crippen molar-refractivity contribution in [2.75, 3.05) is 5.32 Å². The minimum Gasteiger partial charge on any atom is -0.350 e. The van der Waals surface area contributed by atoms with Crippen molar-refractivity contribution in [3.05, 3.63) is 106 Å². The molecule has 156 valence electrons. The number of carbonyl (C=O) groups is 2. The van der Waals surface area contributed by atoms with Gasteiger partial charge in [0.15, 0.2) is 0 Å². The molecule has 0 aromatic heterocycles. The van der Waals surface area contributed by atoms with Crippen LogP contribution in [0.2, 0.25) is 5.02 Å². The third-order valence-electron chi connectivity index (χ3n) is 5.21. The number of hydrogen-bond acceptors (Lipinski definition) is 3. The Balaban J connectivity index is 1.76. The highest BCUT2D eigenvalue weighted by molar-refractivity contribution is 6.36. The molecule has 1 aliphatic rings. The molecule has 3 aromatic carbocycles. The number of nitrogens with one attached hydrogen (secondary N) is 1. The van der Waals surface area contributed by atoms with Crippen molar-refractivity contribution >= 4 is 34.7 Å². The molecule has 2 amide bonds. The second-order valence-electron chi connectivity index (χ2n) is 7.52. The van der Waals surface area contributed by atoms with Crippen molar-refractivity contribution in [3.8, 4) is 0 Å². The Labute approximate surface area is 185 Å². The molecule has 1 N–H and O–H groups in total. The zero-order valence-electron chi connectivity index (χ0n) is 17.1. The Hall–Kier alpha value is -3.44. The second-order valence-corrected chi connectivity index (χ2v) is 7.96. The number of hydrogen-bond donors (Lipinski definition) is 1. The summed E-state index contributed by atoms with van der Waals surface area (Å²) in [6, 6.07) is 18.4. The van der Waals surface area contributed by atoms with Gasteiger partial charge in [0.2, 0.25) is 0 Å². The van der Waals surface area contributed by atoms with E-state index in [1.807, 2.05) is 32.0 Å². The van der Waals surface area contributed by atoms with Gasteiger partial charge in [0, 0.05) is 10.7 Å². The average Bonchev–Trinajstić information content (AvgIpc) is 2.97. The lowest BCUT2D eigenvalue weighted by atomic mass is 10.0. The number of halogens is 2. The Morgan fingerprint density at radius 1 is 0.903 bits per heavy atom. The summed E-state index contributed by atoms with van der Waals surface area (Å²) in [5.41, 5.74) is 4.48. The third kappa shape index (κ3) is 4.23. The van der Waals surface area contributed by atoms with Crippen LogP contribution in [-0.2, 0) is 16.1 Å². The monoisotopic (exact) mass is 434 g/mol. The Bertz CT molecular complexity index is 1200. The van der Waals surface area contributed by atoms with Crippen LogP contribution in [0.5, 0.6) is 0 Å². The zero-order valence-corrected chi connectivity index (χ0v) is 17.8. The summed E-state index contributed by atoms with van der Waals surface area (Å²) >= 11 is 6.01. The fraction of sp³-hybridized carbons (Fsp3) is 0.120. The van der Waals surface area contributed by atoms with Crippen molar-refractivity contribution in [1.82, 2.24) is 4.90 Å². The van der Waals surface area contributed by atoms with Crippen molar-refractivity contribution in [2.24, 2.45) is 0 Å². The van der Waals surface area contributed by atoms with E-state index >= 15 is 0 Å². The molecule has 1 aliphatic heterocycles. The molecule has 4 nitrogen and oxygen atoms in total. The minimum absolute atomic E-state index is 0.0486. The molecule has 0 spiro atoms. The molecule has 3 aromatic rings. The first-order valence-electron chi connectivity index (χ1n) is 9.78. The van der Waals surface area contributed by atoms with Gasteiger partial charge in [-0.15, -0.1) is 0 Å². The number of amides is 2. The van der Waals surface area contributed by atoms with E-state index < -0.39 is 11.8 Å². The maximum atomic E-state index is 13.3. The number of aryl methyl sites for hydroxylation is 2. The summed E-state index contributed by atoms with van der Waals surface area (Å²) < 4.78 is 13.3. The SMILES string of the molecule is Cc1ccc(C)c(NC2=C(c3ccc(Cl)cc3)C(=O)N(Cc3ccc(F)cc3)C2=O)c1. The van der Waals surface area contributed by atoms with E-state index in [-0.39, 0.29) is 23.6 Å². The fourth-order valence-electron chi connectivity index (χ4n) is 3.50. The number of benzene rings is 3. The molecule has 0 aliphatic carbocycles. The Kier molecular flexibility index (Phi) is 5.61. The Morgan fingerprint density at radius 2 is 1.58 bits per heavy atom. The molecular weight excluding hydrogens is 415 g/mol. The molecule has 4 rings (SSSR count).